The molecule has 1 fully saturated rings. The second-order valence-corrected chi connectivity index (χ2v) is 4.85. The summed E-state index contributed by atoms with van der Waals surface area (Å²) in [6.45, 7) is 0.569. The third-order valence-corrected chi connectivity index (χ3v) is 3.67. The number of hydrogen-bond donors (Lipinski definition) is 1. The fourth-order valence-electron chi connectivity index (χ4n) is 2.50. The number of nitrogens with one attached hydrogen (secondary N) is 1. The first-order valence-corrected chi connectivity index (χ1v) is 6.59. The van der Waals surface area contributed by atoms with Crippen LogP contribution in [0.15, 0.2) is 18.2 Å². The Morgan fingerprint density at radius 1 is 1.20 bits per heavy atom. The van der Waals surface area contributed by atoms with Crippen LogP contribution >= 0.6 is 0 Å². The molecule has 1 atom stereocenters. The van der Waals surface area contributed by atoms with E-state index in [9.17, 15) is 9.59 Å². The molecule has 1 aromatic carbocycles. The van der Waals surface area contributed by atoms with Gasteiger partial charge in [-0.1, -0.05) is 6.07 Å². The van der Waals surface area contributed by atoms with Crippen LogP contribution in [0, 0.1) is 0 Å². The lowest BCUT2D eigenvalue weighted by molar-refractivity contribution is -0.138. The highest BCUT2D eigenvalue weighted by Gasteiger charge is 2.31. The molecule has 1 saturated heterocycles. The van der Waals surface area contributed by atoms with Crippen LogP contribution in [0.5, 0.6) is 11.5 Å². The number of benzene rings is 1. The maximum atomic E-state index is 11.7. The van der Waals surface area contributed by atoms with Crippen LogP contribution < -0.4 is 14.8 Å². The molecule has 2 amide bonds. The van der Waals surface area contributed by atoms with Crippen molar-refractivity contribution in [2.75, 3.05) is 20.4 Å². The second kappa shape index (κ2) is 5.13. The van der Waals surface area contributed by atoms with Crippen molar-refractivity contribution in [1.29, 1.82) is 0 Å². The number of ether oxygens (including phenoxy) is 2. The van der Waals surface area contributed by atoms with Gasteiger partial charge in [0.15, 0.2) is 11.5 Å². The maximum absolute atomic E-state index is 11.7. The lowest BCUT2D eigenvalue weighted by Crippen LogP contribution is -2.37. The predicted molar refractivity (Wildman–Crippen MR) is 70.3 cm³/mol. The topological polar surface area (TPSA) is 67.9 Å². The largest absolute Gasteiger partial charge is 0.454 e. The lowest BCUT2D eigenvalue weighted by atomic mass is 10.1. The van der Waals surface area contributed by atoms with Crippen molar-refractivity contribution in [2.24, 2.45) is 0 Å². The third kappa shape index (κ3) is 2.22. The molecule has 1 N–H and O–H groups in total. The summed E-state index contributed by atoms with van der Waals surface area (Å²) in [5.74, 6) is 1.21. The Labute approximate surface area is 116 Å². The average molecular weight is 276 g/mol. The number of nitrogens with zero attached hydrogens (tertiary/aromatic N) is 1. The second-order valence-electron chi connectivity index (χ2n) is 4.85. The molecule has 3 rings (SSSR count). The molecular formula is C14H16N2O4. The smallest absolute Gasteiger partial charge is 0.231 e. The van der Waals surface area contributed by atoms with E-state index in [4.69, 9.17) is 9.47 Å². The first-order chi connectivity index (χ1) is 9.69. The normalized spacial score (nSPS) is 18.8. The highest BCUT2D eigenvalue weighted by molar-refractivity contribution is 6.01. The molecule has 2 heterocycles. The molecule has 0 aromatic heterocycles. The van der Waals surface area contributed by atoms with Gasteiger partial charge in [0.05, 0.1) is 6.04 Å². The van der Waals surface area contributed by atoms with Gasteiger partial charge in [-0.2, -0.15) is 0 Å². The van der Waals surface area contributed by atoms with Crippen LogP contribution in [0.1, 0.15) is 24.4 Å². The van der Waals surface area contributed by atoms with Gasteiger partial charge < -0.3 is 14.8 Å². The number of fused-ring (bicyclic) bond motifs is 1. The van der Waals surface area contributed by atoms with Gasteiger partial charge in [0, 0.05) is 19.4 Å². The fourth-order valence-corrected chi connectivity index (χ4v) is 2.50. The fraction of sp³-hybridized carbons (Fsp3) is 0.429. The number of likely N-dealkylation sites (N-methyl/N-ethyl adjacent to an activating group) is 1. The summed E-state index contributed by atoms with van der Waals surface area (Å²) >= 11 is 0. The Bertz CT molecular complexity index is 542. The van der Waals surface area contributed by atoms with Gasteiger partial charge in [-0.3, -0.25) is 14.5 Å². The summed E-state index contributed by atoms with van der Waals surface area (Å²) in [5, 5.41) is 3.14. The zero-order valence-corrected chi connectivity index (χ0v) is 11.2. The molecule has 0 bridgehead atoms. The van der Waals surface area contributed by atoms with E-state index < -0.39 is 0 Å². The van der Waals surface area contributed by atoms with Gasteiger partial charge in [-0.15, -0.1) is 0 Å². The molecule has 0 spiro atoms. The average Bonchev–Trinajstić information content (AvgIpc) is 3.04. The maximum Gasteiger partial charge on any atom is 0.231 e. The van der Waals surface area contributed by atoms with Crippen molar-refractivity contribution < 1.29 is 19.1 Å². The monoisotopic (exact) mass is 276 g/mol. The van der Waals surface area contributed by atoms with Gasteiger partial charge in [0.2, 0.25) is 18.6 Å². The molecule has 0 saturated carbocycles. The molecule has 2 aliphatic rings. The molecule has 106 valence electrons. The third-order valence-electron chi connectivity index (χ3n) is 3.67. The van der Waals surface area contributed by atoms with Crippen LogP contribution in [0.4, 0.5) is 0 Å². The molecule has 20 heavy (non-hydrogen) atoms. The lowest BCUT2D eigenvalue weighted by Gasteiger charge is -2.22. The van der Waals surface area contributed by atoms with E-state index in [1.165, 1.54) is 4.90 Å². The van der Waals surface area contributed by atoms with Crippen LogP contribution in [-0.2, 0) is 9.59 Å². The van der Waals surface area contributed by atoms with Crippen molar-refractivity contribution in [3.05, 3.63) is 23.8 Å². The van der Waals surface area contributed by atoms with Gasteiger partial charge >= 0.3 is 0 Å². The predicted octanol–water partition coefficient (Wildman–Crippen LogP) is 0.825. The highest BCUT2D eigenvalue weighted by atomic mass is 16.7. The quantitative estimate of drug-likeness (QED) is 0.825. The zero-order valence-electron chi connectivity index (χ0n) is 11.2. The molecule has 1 unspecified atom stereocenters. The van der Waals surface area contributed by atoms with Crippen LogP contribution in [0.2, 0.25) is 0 Å². The van der Waals surface area contributed by atoms with E-state index in [1.807, 2.05) is 18.2 Å². The van der Waals surface area contributed by atoms with E-state index >= 15 is 0 Å². The van der Waals surface area contributed by atoms with Gasteiger partial charge in [0.1, 0.15) is 0 Å². The standard InChI is InChI=1S/C14H16N2O4/c1-15-10(7-16-13(17)4-5-14(16)18)9-2-3-11-12(6-9)20-8-19-11/h2-3,6,10,15H,4-5,7-8H2,1H3. The minimum absolute atomic E-state index is 0.101. The molecule has 2 aliphatic heterocycles. The number of rotatable bonds is 4. The molecule has 0 aliphatic carbocycles. The van der Waals surface area contributed by atoms with Gasteiger partial charge in [0.25, 0.3) is 0 Å². The molecule has 0 radical (unpaired) electrons. The summed E-state index contributed by atoms with van der Waals surface area (Å²) in [7, 11) is 1.81. The summed E-state index contributed by atoms with van der Waals surface area (Å²) in [6, 6.07) is 5.53. The van der Waals surface area contributed by atoms with Crippen molar-refractivity contribution in [3.63, 3.8) is 0 Å². The van der Waals surface area contributed by atoms with Crippen molar-refractivity contribution in [2.45, 2.75) is 18.9 Å². The molecular weight excluding hydrogens is 260 g/mol. The van der Waals surface area contributed by atoms with E-state index in [0.717, 1.165) is 11.3 Å². The Morgan fingerprint density at radius 2 is 1.90 bits per heavy atom. The first kappa shape index (κ1) is 12.9. The number of hydrogen-bond acceptors (Lipinski definition) is 5. The number of imide groups is 1. The Kier molecular flexibility index (Phi) is 3.31. The van der Waals surface area contributed by atoms with Crippen molar-refractivity contribution in [3.8, 4) is 11.5 Å². The minimum atomic E-state index is -0.115. The number of carbonyl (C=O) groups is 2. The number of likely N-dealkylation sites (tertiary alicyclic amines) is 1. The summed E-state index contributed by atoms with van der Waals surface area (Å²) in [4.78, 5) is 24.7. The van der Waals surface area contributed by atoms with Gasteiger partial charge in [-0.05, 0) is 24.7 Å². The van der Waals surface area contributed by atoms with Crippen LogP contribution in [0.25, 0.3) is 0 Å². The number of amides is 2. The van der Waals surface area contributed by atoms with Crippen LogP contribution in [-0.4, -0.2) is 37.1 Å². The Morgan fingerprint density at radius 3 is 2.60 bits per heavy atom. The SMILES string of the molecule is CNC(CN1C(=O)CCC1=O)c1ccc2c(c1)OCO2. The van der Waals surface area contributed by atoms with Gasteiger partial charge in [-0.25, -0.2) is 0 Å². The molecule has 6 heteroatoms. The van der Waals surface area contributed by atoms with Crippen LogP contribution in [0.3, 0.4) is 0 Å². The van der Waals surface area contributed by atoms with Crippen molar-refractivity contribution >= 4 is 11.8 Å². The number of carbonyl (C=O) groups excluding carboxylic acids is 2. The molecule has 6 nitrogen and oxygen atoms in total. The van der Waals surface area contributed by atoms with E-state index in [-0.39, 0.29) is 24.6 Å². The molecule has 1 aromatic rings. The van der Waals surface area contributed by atoms with Crippen molar-refractivity contribution in [1.82, 2.24) is 10.2 Å². The summed E-state index contributed by atoms with van der Waals surface area (Å²) < 4.78 is 10.6. The minimum Gasteiger partial charge on any atom is -0.454 e. The van der Waals surface area contributed by atoms with E-state index in [2.05, 4.69) is 5.32 Å². The van der Waals surface area contributed by atoms with E-state index in [0.29, 0.717) is 25.1 Å². The Hall–Kier alpha value is -2.08. The first-order valence-electron chi connectivity index (χ1n) is 6.59. The Balaban J connectivity index is 1.79. The summed E-state index contributed by atoms with van der Waals surface area (Å²) in [6.07, 6.45) is 0.632. The van der Waals surface area contributed by atoms with E-state index in [1.54, 1.807) is 7.05 Å². The summed E-state index contributed by atoms with van der Waals surface area (Å²) in [5.41, 5.74) is 0.962. The zero-order chi connectivity index (χ0) is 14.1. The highest BCUT2D eigenvalue weighted by Crippen LogP contribution is 2.34.